The van der Waals surface area contributed by atoms with Crippen LogP contribution in [0.2, 0.25) is 0 Å². The SMILES string of the molecule is CC(C)Cc1sc(-n2cccc2)nc1C(=O)NC[C@@H]1CCCN2CCCC[C@H]12. The Kier molecular flexibility index (Phi) is 6.16. The standard InChI is InChI=1S/C22H32N4OS/c1-16(2)14-19-20(24-22(28-19)26-11-5-6-12-26)21(27)23-15-17-8-7-13-25-10-4-3-9-18(17)25/h5-6,11-12,16-18H,3-4,7-10,13-15H2,1-2H3,(H,23,27)/t17-,18+/m0/s1. The summed E-state index contributed by atoms with van der Waals surface area (Å²) in [6, 6.07) is 4.63. The minimum absolute atomic E-state index is 0.00163. The van der Waals surface area contributed by atoms with E-state index in [1.165, 1.54) is 45.2 Å². The van der Waals surface area contributed by atoms with Gasteiger partial charge in [-0.1, -0.05) is 20.3 Å². The number of fused-ring (bicyclic) bond motifs is 1. The smallest absolute Gasteiger partial charge is 0.271 e. The van der Waals surface area contributed by atoms with Crippen molar-refractivity contribution in [3.8, 4) is 5.13 Å². The summed E-state index contributed by atoms with van der Waals surface area (Å²) in [5, 5.41) is 4.12. The molecule has 1 N–H and O–H groups in total. The zero-order valence-corrected chi connectivity index (χ0v) is 17.9. The van der Waals surface area contributed by atoms with Gasteiger partial charge in [0, 0.05) is 29.9 Å². The maximum atomic E-state index is 13.0. The largest absolute Gasteiger partial charge is 0.350 e. The third-order valence-corrected chi connectivity index (χ3v) is 7.16. The van der Waals surface area contributed by atoms with Gasteiger partial charge in [0.2, 0.25) is 0 Å². The van der Waals surface area contributed by atoms with Crippen molar-refractivity contribution in [2.24, 2.45) is 11.8 Å². The van der Waals surface area contributed by atoms with Gasteiger partial charge in [0.05, 0.1) is 0 Å². The number of carbonyl (C=O) groups excluding carboxylic acids is 1. The molecule has 2 aromatic rings. The molecule has 0 unspecified atom stereocenters. The molecule has 0 aromatic carbocycles. The van der Waals surface area contributed by atoms with E-state index in [2.05, 4.69) is 24.1 Å². The molecule has 2 saturated heterocycles. The van der Waals surface area contributed by atoms with Crippen molar-refractivity contribution in [3.63, 3.8) is 0 Å². The normalized spacial score (nSPS) is 23.0. The van der Waals surface area contributed by atoms with Gasteiger partial charge in [-0.3, -0.25) is 4.79 Å². The van der Waals surface area contributed by atoms with Crippen LogP contribution in [0.25, 0.3) is 5.13 Å². The van der Waals surface area contributed by atoms with Gasteiger partial charge in [0.25, 0.3) is 5.91 Å². The lowest BCUT2D eigenvalue weighted by molar-refractivity contribution is 0.0575. The molecule has 4 heterocycles. The van der Waals surface area contributed by atoms with Crippen molar-refractivity contribution in [1.82, 2.24) is 19.8 Å². The third kappa shape index (κ3) is 4.33. The molecule has 2 fully saturated rings. The molecule has 2 atom stereocenters. The summed E-state index contributed by atoms with van der Waals surface area (Å²) >= 11 is 1.64. The number of hydrogen-bond acceptors (Lipinski definition) is 4. The summed E-state index contributed by atoms with van der Waals surface area (Å²) in [6.45, 7) is 7.63. The van der Waals surface area contributed by atoms with Crippen LogP contribution in [0.5, 0.6) is 0 Å². The Hall–Kier alpha value is -1.66. The highest BCUT2D eigenvalue weighted by Gasteiger charge is 2.33. The van der Waals surface area contributed by atoms with E-state index in [9.17, 15) is 4.79 Å². The van der Waals surface area contributed by atoms with Crippen LogP contribution in [0.15, 0.2) is 24.5 Å². The molecule has 6 heteroatoms. The highest BCUT2D eigenvalue weighted by Crippen LogP contribution is 2.31. The monoisotopic (exact) mass is 400 g/mol. The Morgan fingerprint density at radius 3 is 2.79 bits per heavy atom. The quantitative estimate of drug-likeness (QED) is 0.793. The van der Waals surface area contributed by atoms with Crippen LogP contribution in [-0.2, 0) is 6.42 Å². The zero-order chi connectivity index (χ0) is 19.5. The van der Waals surface area contributed by atoms with Crippen LogP contribution < -0.4 is 5.32 Å². The third-order valence-electron chi connectivity index (χ3n) is 6.07. The van der Waals surface area contributed by atoms with E-state index in [-0.39, 0.29) is 5.91 Å². The first-order valence-corrected chi connectivity index (χ1v) is 11.6. The molecule has 0 spiro atoms. The first-order valence-electron chi connectivity index (χ1n) is 10.8. The first-order chi connectivity index (χ1) is 13.6. The van der Waals surface area contributed by atoms with Gasteiger partial charge in [-0.2, -0.15) is 0 Å². The predicted molar refractivity (Wildman–Crippen MR) is 114 cm³/mol. The summed E-state index contributed by atoms with van der Waals surface area (Å²) in [4.78, 5) is 21.5. The van der Waals surface area contributed by atoms with Crippen LogP contribution >= 0.6 is 11.3 Å². The second-order valence-electron chi connectivity index (χ2n) is 8.67. The van der Waals surface area contributed by atoms with Gasteiger partial charge in [0.1, 0.15) is 5.69 Å². The average Bonchev–Trinajstić information content (AvgIpc) is 3.35. The zero-order valence-electron chi connectivity index (χ0n) is 17.1. The molecule has 152 valence electrons. The molecule has 0 radical (unpaired) electrons. The van der Waals surface area contributed by atoms with Crippen molar-refractivity contribution in [3.05, 3.63) is 35.1 Å². The molecular weight excluding hydrogens is 368 g/mol. The van der Waals surface area contributed by atoms with E-state index in [1.54, 1.807) is 11.3 Å². The second-order valence-corrected chi connectivity index (χ2v) is 9.73. The molecule has 2 aromatic heterocycles. The lowest BCUT2D eigenvalue weighted by Gasteiger charge is -2.44. The Labute approximate surface area is 172 Å². The van der Waals surface area contributed by atoms with Gasteiger partial charge in [-0.05, 0) is 69.2 Å². The molecule has 0 aliphatic carbocycles. The molecular formula is C22H32N4OS. The van der Waals surface area contributed by atoms with Crippen LogP contribution in [-0.4, -0.2) is 46.0 Å². The summed E-state index contributed by atoms with van der Waals surface area (Å²) in [5.74, 6) is 1.07. The van der Waals surface area contributed by atoms with Gasteiger partial charge in [-0.25, -0.2) is 4.98 Å². The number of amides is 1. The number of nitrogens with zero attached hydrogens (tertiary/aromatic N) is 3. The Morgan fingerprint density at radius 2 is 2.00 bits per heavy atom. The van der Waals surface area contributed by atoms with Crippen molar-refractivity contribution < 1.29 is 4.79 Å². The summed E-state index contributed by atoms with van der Waals surface area (Å²) in [6.07, 6.45) is 11.3. The van der Waals surface area contributed by atoms with Crippen molar-refractivity contribution in [1.29, 1.82) is 0 Å². The number of hydrogen-bond donors (Lipinski definition) is 1. The van der Waals surface area contributed by atoms with Gasteiger partial charge in [0.15, 0.2) is 5.13 Å². The second kappa shape index (κ2) is 8.78. The number of rotatable bonds is 6. The number of nitrogens with one attached hydrogen (secondary N) is 1. The van der Waals surface area contributed by atoms with Gasteiger partial charge in [-0.15, -0.1) is 11.3 Å². The molecule has 4 rings (SSSR count). The summed E-state index contributed by atoms with van der Waals surface area (Å²) in [5.41, 5.74) is 0.624. The molecule has 1 amide bonds. The van der Waals surface area contributed by atoms with Crippen molar-refractivity contribution in [2.45, 2.75) is 58.4 Å². The molecule has 2 aliphatic rings. The van der Waals surface area contributed by atoms with Gasteiger partial charge < -0.3 is 14.8 Å². The molecule has 28 heavy (non-hydrogen) atoms. The van der Waals surface area contributed by atoms with Crippen LogP contribution in [0.4, 0.5) is 0 Å². The average molecular weight is 401 g/mol. The molecule has 2 aliphatic heterocycles. The van der Waals surface area contributed by atoms with Crippen LogP contribution in [0.3, 0.4) is 0 Å². The first kappa shape index (κ1) is 19.6. The Bertz CT molecular complexity index is 781. The lowest BCUT2D eigenvalue weighted by atomic mass is 9.83. The van der Waals surface area contributed by atoms with Crippen molar-refractivity contribution >= 4 is 17.2 Å². The Balaban J connectivity index is 1.46. The molecule has 0 bridgehead atoms. The minimum atomic E-state index is -0.00163. The van der Waals surface area contributed by atoms with Gasteiger partial charge >= 0.3 is 0 Å². The fraction of sp³-hybridized carbons (Fsp3) is 0.636. The van der Waals surface area contributed by atoms with E-state index in [1.807, 2.05) is 29.1 Å². The Morgan fingerprint density at radius 1 is 1.21 bits per heavy atom. The number of piperidine rings is 2. The lowest BCUT2D eigenvalue weighted by Crippen LogP contribution is -2.51. The van der Waals surface area contributed by atoms with E-state index in [0.717, 1.165) is 23.0 Å². The molecule has 0 saturated carbocycles. The van der Waals surface area contributed by atoms with Crippen LogP contribution in [0, 0.1) is 11.8 Å². The maximum Gasteiger partial charge on any atom is 0.271 e. The van der Waals surface area contributed by atoms with Crippen LogP contribution in [0.1, 0.15) is 61.3 Å². The number of carbonyl (C=O) groups is 1. The van der Waals surface area contributed by atoms with E-state index < -0.39 is 0 Å². The van der Waals surface area contributed by atoms with E-state index >= 15 is 0 Å². The fourth-order valence-corrected chi connectivity index (χ4v) is 5.96. The summed E-state index contributed by atoms with van der Waals surface area (Å²) < 4.78 is 1.99. The summed E-state index contributed by atoms with van der Waals surface area (Å²) in [7, 11) is 0. The van der Waals surface area contributed by atoms with E-state index in [0.29, 0.717) is 23.6 Å². The van der Waals surface area contributed by atoms with Crippen molar-refractivity contribution in [2.75, 3.05) is 19.6 Å². The fourth-order valence-electron chi connectivity index (χ4n) is 4.72. The number of aromatic nitrogens is 2. The number of thiazole rings is 1. The minimum Gasteiger partial charge on any atom is -0.350 e. The highest BCUT2D eigenvalue weighted by atomic mass is 32.1. The highest BCUT2D eigenvalue weighted by molar-refractivity contribution is 7.14. The molecule has 5 nitrogen and oxygen atoms in total. The maximum absolute atomic E-state index is 13.0. The predicted octanol–water partition coefficient (Wildman–Crippen LogP) is 4.13. The van der Waals surface area contributed by atoms with E-state index in [4.69, 9.17) is 4.98 Å². The topological polar surface area (TPSA) is 50.2 Å².